The molecule has 102 valence electrons. The Labute approximate surface area is 103 Å². The van der Waals surface area contributed by atoms with E-state index < -0.39 is 35.6 Å². The highest BCUT2D eigenvalue weighted by Crippen LogP contribution is 2.24. The minimum atomic E-state index is -4.66. The number of carbonyl (C=O) groups is 2. The Morgan fingerprint density at radius 2 is 2.06 bits per heavy atom. The molecule has 10 heteroatoms. The molecule has 0 spiro atoms. The van der Waals surface area contributed by atoms with Crippen molar-refractivity contribution in [2.45, 2.75) is 19.5 Å². The molecule has 1 aliphatic heterocycles. The monoisotopic (exact) mass is 285 g/mol. The van der Waals surface area contributed by atoms with Gasteiger partial charge < -0.3 is 11.1 Å². The van der Waals surface area contributed by atoms with Gasteiger partial charge in [0, 0.05) is 5.70 Å². The van der Waals surface area contributed by atoms with Crippen molar-refractivity contribution in [1.29, 1.82) is 0 Å². The summed E-state index contributed by atoms with van der Waals surface area (Å²) in [7, 11) is -2.27. The number of nitrogens with two attached hydrogens (primary N) is 1. The van der Waals surface area contributed by atoms with Crippen LogP contribution in [-0.2, 0) is 15.8 Å². The maximum atomic E-state index is 12.2. The average molecular weight is 285 g/mol. The first-order valence-electron chi connectivity index (χ1n) is 4.67. The van der Waals surface area contributed by atoms with Crippen LogP contribution in [0.4, 0.5) is 18.0 Å². The molecule has 1 aliphatic rings. The van der Waals surface area contributed by atoms with E-state index in [9.17, 15) is 27.0 Å². The molecule has 1 atom stereocenters. The van der Waals surface area contributed by atoms with Crippen LogP contribution in [0.1, 0.15) is 13.3 Å². The predicted molar refractivity (Wildman–Crippen MR) is 55.9 cm³/mol. The summed E-state index contributed by atoms with van der Waals surface area (Å²) in [5, 5.41) is 2.07. The number of rotatable bonds is 3. The molecule has 0 aliphatic carbocycles. The van der Waals surface area contributed by atoms with Gasteiger partial charge in [0.25, 0.3) is 0 Å². The first-order chi connectivity index (χ1) is 8.11. The van der Waals surface area contributed by atoms with Crippen molar-refractivity contribution < 1.29 is 27.0 Å². The highest BCUT2D eigenvalue weighted by Gasteiger charge is 2.39. The van der Waals surface area contributed by atoms with Crippen molar-refractivity contribution in [2.75, 3.05) is 6.54 Å². The fourth-order valence-electron chi connectivity index (χ4n) is 1.26. The molecular formula is C8H10F3N3O3S. The Balaban J connectivity index is 2.97. The van der Waals surface area contributed by atoms with Crippen LogP contribution >= 0.6 is 0 Å². The van der Waals surface area contributed by atoms with Crippen molar-refractivity contribution in [3.05, 3.63) is 10.6 Å². The van der Waals surface area contributed by atoms with Gasteiger partial charge in [-0.25, -0.2) is 13.3 Å². The van der Waals surface area contributed by atoms with Crippen LogP contribution in [-0.4, -0.2) is 33.2 Å². The van der Waals surface area contributed by atoms with E-state index in [-0.39, 0.29) is 21.3 Å². The molecule has 0 aromatic carbocycles. The van der Waals surface area contributed by atoms with Gasteiger partial charge in [-0.2, -0.15) is 13.2 Å². The number of hydrogen-bond acceptors (Lipinski definition) is 3. The zero-order valence-corrected chi connectivity index (χ0v) is 10.0. The van der Waals surface area contributed by atoms with Crippen molar-refractivity contribution in [3.8, 4) is 0 Å². The maximum absolute atomic E-state index is 12.2. The normalized spacial score (nSPS) is 21.0. The van der Waals surface area contributed by atoms with E-state index in [1.165, 1.54) is 6.92 Å². The van der Waals surface area contributed by atoms with E-state index in [1.807, 2.05) is 0 Å². The van der Waals surface area contributed by atoms with Crippen LogP contribution < -0.4 is 11.1 Å². The zero-order valence-electron chi connectivity index (χ0n) is 9.21. The van der Waals surface area contributed by atoms with Gasteiger partial charge in [-0.15, -0.1) is 0 Å². The molecular weight excluding hydrogens is 275 g/mol. The van der Waals surface area contributed by atoms with Crippen LogP contribution in [0.2, 0.25) is 0 Å². The van der Waals surface area contributed by atoms with Gasteiger partial charge in [0.2, 0.25) is 5.91 Å². The fourth-order valence-corrected chi connectivity index (χ4v) is 2.39. The molecule has 3 N–H and O–H groups in total. The molecule has 0 bridgehead atoms. The molecule has 0 aromatic heterocycles. The summed E-state index contributed by atoms with van der Waals surface area (Å²) in [4.78, 5) is 22.0. The number of amides is 3. The number of carbonyl (C=O) groups excluding carboxylic acids is 2. The lowest BCUT2D eigenvalue weighted by Gasteiger charge is -2.29. The van der Waals surface area contributed by atoms with Gasteiger partial charge >= 0.3 is 12.2 Å². The van der Waals surface area contributed by atoms with Crippen molar-refractivity contribution in [1.82, 2.24) is 9.62 Å². The largest absolute Gasteiger partial charge is 0.407 e. The maximum Gasteiger partial charge on any atom is 0.407 e. The van der Waals surface area contributed by atoms with Gasteiger partial charge in [-0.1, -0.05) is 0 Å². The summed E-state index contributed by atoms with van der Waals surface area (Å²) in [5.41, 5.74) is 4.87. The lowest BCUT2D eigenvalue weighted by molar-refractivity contribution is -0.132. The second-order valence-corrected chi connectivity index (χ2v) is 5.06. The number of nitrogens with one attached hydrogen (secondary N) is 1. The molecule has 1 unspecified atom stereocenters. The molecule has 0 saturated heterocycles. The van der Waals surface area contributed by atoms with Crippen molar-refractivity contribution in [2.24, 2.45) is 5.73 Å². The molecule has 0 fully saturated rings. The van der Waals surface area contributed by atoms with E-state index >= 15 is 0 Å². The first kappa shape index (κ1) is 14.5. The number of urea groups is 1. The lowest BCUT2D eigenvalue weighted by atomic mass is 10.3. The molecule has 1 rings (SSSR count). The summed E-state index contributed by atoms with van der Waals surface area (Å²) in [6, 6.07) is -1.17. The summed E-state index contributed by atoms with van der Waals surface area (Å²) < 4.78 is 48.3. The predicted octanol–water partition coefficient (Wildman–Crippen LogP) is 0.345. The van der Waals surface area contributed by atoms with Crippen LogP contribution in [0.5, 0.6) is 0 Å². The van der Waals surface area contributed by atoms with Gasteiger partial charge in [0.1, 0.15) is 6.54 Å². The Hall–Kier alpha value is -1.58. The van der Waals surface area contributed by atoms with E-state index in [0.29, 0.717) is 0 Å². The standard InChI is InChI=1S/C8H10F3N3O3S/c1-4-5(2-6(12)15)13-7(16)14(18(4)17)3-8(9,10)11/h2-3H2,1H3,(H2,12,15)(H,13,16). The summed E-state index contributed by atoms with van der Waals surface area (Å²) in [6.07, 6.45) is -5.04. The summed E-state index contributed by atoms with van der Waals surface area (Å²) in [5.74, 6) is -0.786. The quantitative estimate of drug-likeness (QED) is 0.783. The first-order valence-corrected chi connectivity index (χ1v) is 5.77. The number of halogens is 3. The third-order valence-electron chi connectivity index (χ3n) is 2.05. The second-order valence-electron chi connectivity index (χ2n) is 3.51. The van der Waals surface area contributed by atoms with Gasteiger partial charge in [-0.05, 0) is 6.92 Å². The zero-order chi connectivity index (χ0) is 14.1. The van der Waals surface area contributed by atoms with Crippen LogP contribution in [0.25, 0.3) is 0 Å². The Morgan fingerprint density at radius 1 is 1.50 bits per heavy atom. The highest BCUT2D eigenvalue weighted by atomic mass is 32.2. The molecule has 0 radical (unpaired) electrons. The Bertz CT molecular complexity index is 447. The third kappa shape index (κ3) is 3.45. The smallest absolute Gasteiger partial charge is 0.369 e. The molecule has 1 heterocycles. The van der Waals surface area contributed by atoms with E-state index in [0.717, 1.165) is 0 Å². The summed E-state index contributed by atoms with van der Waals surface area (Å²) in [6.45, 7) is -0.371. The second kappa shape index (κ2) is 4.96. The number of allylic oxidation sites excluding steroid dienone is 1. The minimum Gasteiger partial charge on any atom is -0.369 e. The van der Waals surface area contributed by atoms with Crippen molar-refractivity contribution >= 4 is 22.9 Å². The highest BCUT2D eigenvalue weighted by molar-refractivity contribution is 7.87. The van der Waals surface area contributed by atoms with Gasteiger partial charge in [0.05, 0.1) is 11.3 Å². The molecule has 0 saturated carbocycles. The SMILES string of the molecule is CC1=C(CC(N)=O)NC(=O)N(CC(F)(F)F)S1=O. The average Bonchev–Trinajstić information content (AvgIpc) is 2.19. The third-order valence-corrected chi connectivity index (χ3v) is 3.51. The molecule has 6 nitrogen and oxygen atoms in total. The topological polar surface area (TPSA) is 92.5 Å². The number of hydrogen-bond donors (Lipinski definition) is 2. The molecule has 18 heavy (non-hydrogen) atoms. The summed E-state index contributed by atoms with van der Waals surface area (Å²) >= 11 is 0. The van der Waals surface area contributed by atoms with Gasteiger partial charge in [0.15, 0.2) is 11.0 Å². The van der Waals surface area contributed by atoms with E-state index in [1.54, 1.807) is 0 Å². The van der Waals surface area contributed by atoms with Crippen molar-refractivity contribution in [3.63, 3.8) is 0 Å². The Kier molecular flexibility index (Phi) is 3.99. The number of alkyl halides is 3. The van der Waals surface area contributed by atoms with Crippen LogP contribution in [0.15, 0.2) is 10.6 Å². The van der Waals surface area contributed by atoms with Gasteiger partial charge in [-0.3, -0.25) is 4.79 Å². The minimum absolute atomic E-state index is 0.0238. The van der Waals surface area contributed by atoms with Crippen LogP contribution in [0, 0.1) is 0 Å². The number of nitrogens with zero attached hydrogens (tertiary/aromatic N) is 1. The lowest BCUT2D eigenvalue weighted by Crippen LogP contribution is -2.49. The van der Waals surface area contributed by atoms with Crippen LogP contribution in [0.3, 0.4) is 0 Å². The van der Waals surface area contributed by atoms with E-state index in [2.05, 4.69) is 5.32 Å². The number of primary amides is 1. The Morgan fingerprint density at radius 3 is 2.50 bits per heavy atom. The molecule has 0 aromatic rings. The fraction of sp³-hybridized carbons (Fsp3) is 0.500. The molecule has 3 amide bonds. The van der Waals surface area contributed by atoms with E-state index in [4.69, 9.17) is 5.73 Å².